The van der Waals surface area contributed by atoms with Crippen molar-refractivity contribution in [3.05, 3.63) is 52.0 Å². The molecule has 0 radical (unpaired) electrons. The Kier molecular flexibility index (Phi) is 8.55. The Morgan fingerprint density at radius 2 is 1.77 bits per heavy atom. The highest BCUT2D eigenvalue weighted by Crippen LogP contribution is 2.30. The van der Waals surface area contributed by atoms with Crippen LogP contribution in [0, 0.1) is 0 Å². The second-order valence-electron chi connectivity index (χ2n) is 6.49. The normalized spacial score (nSPS) is 11.0. The number of carbonyl (C=O) groups excluding carboxylic acids is 2. The van der Waals surface area contributed by atoms with Gasteiger partial charge < -0.3 is 14.8 Å². The predicted molar refractivity (Wildman–Crippen MR) is 121 cm³/mol. The first-order chi connectivity index (χ1) is 14.6. The molecule has 0 bridgehead atoms. The van der Waals surface area contributed by atoms with Gasteiger partial charge in [0.15, 0.2) is 0 Å². The molecule has 0 aliphatic carbocycles. The third kappa shape index (κ3) is 6.75. The molecule has 0 aliphatic rings. The number of nitrogens with one attached hydrogen (secondary N) is 1. The van der Waals surface area contributed by atoms with E-state index < -0.39 is 16.0 Å². The van der Waals surface area contributed by atoms with Crippen LogP contribution in [0.25, 0.3) is 0 Å². The topological polar surface area (TPSA) is 102 Å². The SMILES string of the molecule is COC(=O)c1ccc(Cl)c(NC(=O)CCCN(c2ccc(OC)c(Cl)c2)S(C)(=O)=O)c1. The van der Waals surface area contributed by atoms with Crippen LogP contribution < -0.4 is 14.4 Å². The van der Waals surface area contributed by atoms with Gasteiger partial charge in [-0.1, -0.05) is 23.2 Å². The Bertz CT molecular complexity index is 1080. The molecule has 2 aromatic rings. The zero-order valence-corrected chi connectivity index (χ0v) is 19.5. The van der Waals surface area contributed by atoms with Crippen LogP contribution >= 0.6 is 23.2 Å². The summed E-state index contributed by atoms with van der Waals surface area (Å²) >= 11 is 12.2. The van der Waals surface area contributed by atoms with Gasteiger partial charge in [-0.15, -0.1) is 0 Å². The van der Waals surface area contributed by atoms with Crippen molar-refractivity contribution in [2.45, 2.75) is 12.8 Å². The summed E-state index contributed by atoms with van der Waals surface area (Å²) in [5.41, 5.74) is 0.862. The molecule has 0 unspecified atom stereocenters. The first kappa shape index (κ1) is 24.8. The van der Waals surface area contributed by atoms with Crippen molar-refractivity contribution in [3.63, 3.8) is 0 Å². The Morgan fingerprint density at radius 3 is 2.35 bits per heavy atom. The Balaban J connectivity index is 2.05. The number of sulfonamides is 1. The number of halogens is 2. The van der Waals surface area contributed by atoms with Gasteiger partial charge >= 0.3 is 5.97 Å². The highest BCUT2D eigenvalue weighted by Gasteiger charge is 2.19. The van der Waals surface area contributed by atoms with Crippen molar-refractivity contribution in [1.29, 1.82) is 0 Å². The molecule has 0 spiro atoms. The first-order valence-corrected chi connectivity index (χ1v) is 11.7. The molecule has 0 aromatic heterocycles. The van der Waals surface area contributed by atoms with Crippen LogP contribution in [-0.2, 0) is 19.6 Å². The van der Waals surface area contributed by atoms with Gasteiger partial charge in [0.2, 0.25) is 15.9 Å². The minimum Gasteiger partial charge on any atom is -0.495 e. The molecule has 0 atom stereocenters. The third-order valence-corrected chi connectivity index (χ3v) is 6.07. The molecule has 1 amide bonds. The van der Waals surface area contributed by atoms with Gasteiger partial charge in [-0.25, -0.2) is 13.2 Å². The van der Waals surface area contributed by atoms with Crippen LogP contribution in [0.1, 0.15) is 23.2 Å². The number of anilines is 2. The number of amides is 1. The van der Waals surface area contributed by atoms with Crippen LogP contribution in [0.2, 0.25) is 10.0 Å². The lowest BCUT2D eigenvalue weighted by atomic mass is 10.2. The van der Waals surface area contributed by atoms with E-state index in [-0.39, 0.29) is 46.6 Å². The van der Waals surface area contributed by atoms with Crippen molar-refractivity contribution in [2.24, 2.45) is 0 Å². The molecule has 0 saturated heterocycles. The fourth-order valence-corrected chi connectivity index (χ4v) is 4.13. The van der Waals surface area contributed by atoms with E-state index >= 15 is 0 Å². The average Bonchev–Trinajstić information content (AvgIpc) is 2.71. The molecule has 0 fully saturated rings. The Morgan fingerprint density at radius 1 is 1.06 bits per heavy atom. The van der Waals surface area contributed by atoms with E-state index in [0.29, 0.717) is 11.4 Å². The van der Waals surface area contributed by atoms with Crippen LogP contribution in [-0.4, -0.2) is 47.3 Å². The van der Waals surface area contributed by atoms with Crippen molar-refractivity contribution in [2.75, 3.05) is 36.6 Å². The summed E-state index contributed by atoms with van der Waals surface area (Å²) < 4.78 is 35.4. The number of benzene rings is 2. The average molecular weight is 489 g/mol. The second-order valence-corrected chi connectivity index (χ2v) is 9.21. The standard InChI is InChI=1S/C20H22Cl2N2O6S/c1-29-18-9-7-14(12-16(18)22)24(31(3,27)28)10-4-5-19(25)23-17-11-13(20(26)30-2)6-8-15(17)21/h6-9,11-12H,4-5,10H2,1-3H3,(H,23,25). The maximum absolute atomic E-state index is 12.3. The fraction of sp³-hybridized carbons (Fsp3) is 0.300. The van der Waals surface area contributed by atoms with E-state index in [1.54, 1.807) is 12.1 Å². The van der Waals surface area contributed by atoms with Gasteiger partial charge in [0, 0.05) is 13.0 Å². The van der Waals surface area contributed by atoms with Gasteiger partial charge in [0.25, 0.3) is 0 Å². The molecule has 2 aromatic carbocycles. The Hall–Kier alpha value is -2.49. The lowest BCUT2D eigenvalue weighted by Gasteiger charge is -2.23. The molecule has 31 heavy (non-hydrogen) atoms. The van der Waals surface area contributed by atoms with Gasteiger partial charge in [-0.05, 0) is 42.8 Å². The number of hydrogen-bond acceptors (Lipinski definition) is 6. The van der Waals surface area contributed by atoms with E-state index in [1.165, 1.54) is 38.5 Å². The van der Waals surface area contributed by atoms with E-state index in [4.69, 9.17) is 27.9 Å². The van der Waals surface area contributed by atoms with Crippen molar-refractivity contribution in [3.8, 4) is 5.75 Å². The summed E-state index contributed by atoms with van der Waals surface area (Å²) in [6.45, 7) is 0.0604. The second kappa shape index (κ2) is 10.7. The van der Waals surface area contributed by atoms with Gasteiger partial charge in [-0.3, -0.25) is 9.10 Å². The lowest BCUT2D eigenvalue weighted by Crippen LogP contribution is -2.31. The van der Waals surface area contributed by atoms with E-state index in [9.17, 15) is 18.0 Å². The minimum atomic E-state index is -3.61. The number of nitrogens with zero attached hydrogens (tertiary/aromatic N) is 1. The maximum Gasteiger partial charge on any atom is 0.337 e. The summed E-state index contributed by atoms with van der Waals surface area (Å²) in [4.78, 5) is 24.0. The van der Waals surface area contributed by atoms with E-state index in [0.717, 1.165) is 10.6 Å². The molecule has 11 heteroatoms. The van der Waals surface area contributed by atoms with Crippen LogP contribution in [0.4, 0.5) is 11.4 Å². The molecular formula is C20H22Cl2N2O6S. The number of esters is 1. The number of ether oxygens (including phenoxy) is 2. The lowest BCUT2D eigenvalue weighted by molar-refractivity contribution is -0.116. The van der Waals surface area contributed by atoms with Crippen molar-refractivity contribution in [1.82, 2.24) is 0 Å². The molecule has 0 aliphatic heterocycles. The van der Waals surface area contributed by atoms with Gasteiger partial charge in [0.05, 0.1) is 47.5 Å². The highest BCUT2D eigenvalue weighted by molar-refractivity contribution is 7.92. The largest absolute Gasteiger partial charge is 0.495 e. The van der Waals surface area contributed by atoms with Crippen LogP contribution in [0.15, 0.2) is 36.4 Å². The summed E-state index contributed by atoms with van der Waals surface area (Å²) in [6.07, 6.45) is 1.33. The zero-order chi connectivity index (χ0) is 23.2. The van der Waals surface area contributed by atoms with Crippen molar-refractivity contribution >= 4 is 56.5 Å². The molecule has 2 rings (SSSR count). The number of carbonyl (C=O) groups is 2. The highest BCUT2D eigenvalue weighted by atomic mass is 35.5. The summed E-state index contributed by atoms with van der Waals surface area (Å²) in [7, 11) is -0.898. The Labute approximate surface area is 191 Å². The number of hydrogen-bond donors (Lipinski definition) is 1. The van der Waals surface area contributed by atoms with E-state index in [1.807, 2.05) is 0 Å². The third-order valence-electron chi connectivity index (χ3n) is 4.25. The fourth-order valence-electron chi connectivity index (χ4n) is 2.76. The number of rotatable bonds is 9. The van der Waals surface area contributed by atoms with Crippen LogP contribution in [0.3, 0.4) is 0 Å². The summed E-state index contributed by atoms with van der Waals surface area (Å²) in [6, 6.07) is 8.99. The maximum atomic E-state index is 12.3. The predicted octanol–water partition coefficient (Wildman–Crippen LogP) is 3.97. The van der Waals surface area contributed by atoms with Crippen molar-refractivity contribution < 1.29 is 27.5 Å². The van der Waals surface area contributed by atoms with E-state index in [2.05, 4.69) is 10.1 Å². The molecule has 8 nitrogen and oxygen atoms in total. The summed E-state index contributed by atoms with van der Waals surface area (Å²) in [5, 5.41) is 3.15. The smallest absolute Gasteiger partial charge is 0.337 e. The number of methoxy groups -OCH3 is 2. The molecule has 0 saturated carbocycles. The monoisotopic (exact) mass is 488 g/mol. The molecular weight excluding hydrogens is 467 g/mol. The molecule has 168 valence electrons. The van der Waals surface area contributed by atoms with Crippen LogP contribution in [0.5, 0.6) is 5.75 Å². The molecule has 0 heterocycles. The summed E-state index contributed by atoms with van der Waals surface area (Å²) in [5.74, 6) is -0.524. The van der Waals surface area contributed by atoms with Gasteiger partial charge in [-0.2, -0.15) is 0 Å². The first-order valence-electron chi connectivity index (χ1n) is 9.05. The zero-order valence-electron chi connectivity index (χ0n) is 17.1. The van der Waals surface area contributed by atoms with Gasteiger partial charge in [0.1, 0.15) is 5.75 Å². The quantitative estimate of drug-likeness (QED) is 0.535. The molecule has 1 N–H and O–H groups in total. The minimum absolute atomic E-state index is 0.0225.